The van der Waals surface area contributed by atoms with Gasteiger partial charge in [-0.3, -0.25) is 9.59 Å². The van der Waals surface area contributed by atoms with Crippen molar-refractivity contribution in [1.29, 1.82) is 0 Å². The molecule has 0 saturated carbocycles. The summed E-state index contributed by atoms with van der Waals surface area (Å²) in [5, 5.41) is 17.8. The van der Waals surface area contributed by atoms with Crippen LogP contribution in [0.1, 0.15) is 22.3 Å². The number of aliphatic carboxylic acids is 2. The average Bonchev–Trinajstić information content (AvgIpc) is 2.80. The summed E-state index contributed by atoms with van der Waals surface area (Å²) in [6.45, 7) is 0.756. The van der Waals surface area contributed by atoms with Crippen molar-refractivity contribution in [2.75, 3.05) is 13.2 Å². The van der Waals surface area contributed by atoms with E-state index in [1.54, 1.807) is 48.5 Å². The topological polar surface area (TPSA) is 93.1 Å². The van der Waals surface area contributed by atoms with E-state index in [4.69, 9.17) is 19.7 Å². The number of carboxylic acid groups (broad SMARTS) is 2. The third kappa shape index (κ3) is 8.67. The maximum absolute atomic E-state index is 10.8. The highest BCUT2D eigenvalue weighted by Crippen LogP contribution is 2.15. The molecule has 0 atom stereocenters. The number of ether oxygens (including phenoxy) is 2. The molecular formula is C28H26O6. The van der Waals surface area contributed by atoms with Crippen LogP contribution in [0.15, 0.2) is 84.9 Å². The van der Waals surface area contributed by atoms with Crippen molar-refractivity contribution >= 4 is 24.1 Å². The molecule has 0 aliphatic rings. The number of hydrogen-bond acceptors (Lipinski definition) is 4. The van der Waals surface area contributed by atoms with E-state index in [2.05, 4.69) is 0 Å². The van der Waals surface area contributed by atoms with Crippen LogP contribution in [-0.2, 0) is 22.4 Å². The largest absolute Gasteiger partial charge is 0.490 e. The molecule has 6 nitrogen and oxygen atoms in total. The first-order valence-electron chi connectivity index (χ1n) is 10.8. The van der Waals surface area contributed by atoms with Gasteiger partial charge in [0, 0.05) is 0 Å². The predicted molar refractivity (Wildman–Crippen MR) is 131 cm³/mol. The summed E-state index contributed by atoms with van der Waals surface area (Å²) in [5.41, 5.74) is 3.48. The fourth-order valence-electron chi connectivity index (χ4n) is 3.22. The molecule has 0 aliphatic carbocycles. The van der Waals surface area contributed by atoms with Gasteiger partial charge < -0.3 is 19.7 Å². The molecule has 0 aromatic heterocycles. The Labute approximate surface area is 198 Å². The number of benzene rings is 3. The van der Waals surface area contributed by atoms with Gasteiger partial charge in [-0.05, 0) is 58.7 Å². The Kier molecular flexibility index (Phi) is 9.05. The van der Waals surface area contributed by atoms with E-state index in [0.717, 1.165) is 11.1 Å². The molecule has 0 unspecified atom stereocenters. The van der Waals surface area contributed by atoms with Gasteiger partial charge in [-0.25, -0.2) is 0 Å². The van der Waals surface area contributed by atoms with Gasteiger partial charge in [-0.15, -0.1) is 0 Å². The van der Waals surface area contributed by atoms with Crippen LogP contribution < -0.4 is 9.47 Å². The Balaban J connectivity index is 1.43. The Morgan fingerprint density at radius 1 is 0.647 bits per heavy atom. The predicted octanol–water partition coefficient (Wildman–Crippen LogP) is 5.13. The zero-order valence-corrected chi connectivity index (χ0v) is 18.6. The molecule has 3 aromatic rings. The molecule has 0 saturated heterocycles. The summed E-state index contributed by atoms with van der Waals surface area (Å²) >= 11 is 0. The molecule has 3 aromatic carbocycles. The summed E-state index contributed by atoms with van der Waals surface area (Å²) in [5.74, 6) is -0.462. The minimum atomic E-state index is -0.870. The maximum atomic E-state index is 10.8. The molecule has 6 heteroatoms. The summed E-state index contributed by atoms with van der Waals surface area (Å²) < 4.78 is 11.3. The quantitative estimate of drug-likeness (QED) is 0.391. The highest BCUT2D eigenvalue weighted by molar-refractivity contribution is 5.70. The lowest BCUT2D eigenvalue weighted by Crippen LogP contribution is -2.00. The van der Waals surface area contributed by atoms with Crippen molar-refractivity contribution in [1.82, 2.24) is 0 Å². The third-order valence-corrected chi connectivity index (χ3v) is 4.76. The van der Waals surface area contributed by atoms with Crippen LogP contribution in [0, 0.1) is 0 Å². The molecule has 0 fully saturated rings. The second kappa shape index (κ2) is 12.6. The molecule has 0 amide bonds. The molecule has 0 heterocycles. The van der Waals surface area contributed by atoms with Crippen molar-refractivity contribution in [2.24, 2.45) is 0 Å². The van der Waals surface area contributed by atoms with Gasteiger partial charge in [0.15, 0.2) is 0 Å². The van der Waals surface area contributed by atoms with Crippen molar-refractivity contribution in [3.63, 3.8) is 0 Å². The van der Waals surface area contributed by atoms with E-state index >= 15 is 0 Å². The van der Waals surface area contributed by atoms with E-state index in [1.165, 1.54) is 0 Å². The lowest BCUT2D eigenvalue weighted by molar-refractivity contribution is -0.137. The first-order valence-corrected chi connectivity index (χ1v) is 10.8. The van der Waals surface area contributed by atoms with Crippen LogP contribution in [0.5, 0.6) is 11.5 Å². The second-order valence-corrected chi connectivity index (χ2v) is 7.53. The molecule has 3 rings (SSSR count). The van der Waals surface area contributed by atoms with Gasteiger partial charge in [0.2, 0.25) is 0 Å². The molecule has 34 heavy (non-hydrogen) atoms. The molecule has 0 aliphatic heterocycles. The standard InChI is InChI=1S/C28H26O6/c29-27(30)19-23-5-1-9-25(17-23)33-15-3-7-21-11-13-22(14-12-21)8-4-16-34-26-10-2-6-24(18-26)20-28(31)32/h1-14,17-18H,15-16,19-20H2,(H,29,30)(H,31,32)/b7-3+,8-4+. The molecule has 0 spiro atoms. The van der Waals surface area contributed by atoms with Crippen LogP contribution >= 0.6 is 0 Å². The monoisotopic (exact) mass is 458 g/mol. The molecule has 0 radical (unpaired) electrons. The second-order valence-electron chi connectivity index (χ2n) is 7.53. The van der Waals surface area contributed by atoms with Crippen LogP contribution in [0.2, 0.25) is 0 Å². The minimum Gasteiger partial charge on any atom is -0.490 e. The number of carbonyl (C=O) groups is 2. The number of rotatable bonds is 12. The Hall–Kier alpha value is -4.32. The van der Waals surface area contributed by atoms with Crippen molar-refractivity contribution in [3.8, 4) is 11.5 Å². The van der Waals surface area contributed by atoms with Gasteiger partial charge >= 0.3 is 11.9 Å². The van der Waals surface area contributed by atoms with E-state index in [-0.39, 0.29) is 12.8 Å². The molecule has 0 bridgehead atoms. The van der Waals surface area contributed by atoms with Crippen LogP contribution in [-0.4, -0.2) is 35.4 Å². The van der Waals surface area contributed by atoms with Gasteiger partial charge in [0.1, 0.15) is 24.7 Å². The summed E-state index contributed by atoms with van der Waals surface area (Å²) in [4.78, 5) is 21.6. The zero-order valence-electron chi connectivity index (χ0n) is 18.6. The average molecular weight is 459 g/mol. The normalized spacial score (nSPS) is 11.1. The van der Waals surface area contributed by atoms with E-state index in [0.29, 0.717) is 35.8 Å². The maximum Gasteiger partial charge on any atom is 0.307 e. The molecule has 2 N–H and O–H groups in total. The van der Waals surface area contributed by atoms with Gasteiger partial charge in [0.25, 0.3) is 0 Å². The first kappa shape index (κ1) is 24.3. The zero-order chi connectivity index (χ0) is 24.2. The van der Waals surface area contributed by atoms with E-state index in [9.17, 15) is 9.59 Å². The number of carboxylic acids is 2. The van der Waals surface area contributed by atoms with Crippen molar-refractivity contribution in [2.45, 2.75) is 12.8 Å². The Morgan fingerprint density at radius 3 is 1.44 bits per heavy atom. The lowest BCUT2D eigenvalue weighted by Gasteiger charge is -2.05. The summed E-state index contributed by atoms with van der Waals surface area (Å²) in [6, 6.07) is 22.2. The smallest absolute Gasteiger partial charge is 0.307 e. The lowest BCUT2D eigenvalue weighted by atomic mass is 10.1. The summed E-state index contributed by atoms with van der Waals surface area (Å²) in [7, 11) is 0. The minimum absolute atomic E-state index is 0.0278. The van der Waals surface area contributed by atoms with Crippen LogP contribution in [0.25, 0.3) is 12.2 Å². The third-order valence-electron chi connectivity index (χ3n) is 4.76. The van der Waals surface area contributed by atoms with Crippen molar-refractivity contribution < 1.29 is 29.3 Å². The van der Waals surface area contributed by atoms with Gasteiger partial charge in [-0.2, -0.15) is 0 Å². The van der Waals surface area contributed by atoms with Crippen LogP contribution in [0.3, 0.4) is 0 Å². The number of hydrogen-bond donors (Lipinski definition) is 2. The molecular weight excluding hydrogens is 432 g/mol. The SMILES string of the molecule is O=C(O)Cc1cccc(OC/C=C/c2ccc(/C=C/COc3cccc(CC(=O)O)c3)cc2)c1. The van der Waals surface area contributed by atoms with E-state index in [1.807, 2.05) is 48.6 Å². The molecule has 174 valence electrons. The Bertz CT molecular complexity index is 1070. The summed E-state index contributed by atoms with van der Waals surface area (Å²) in [6.07, 6.45) is 7.67. The Morgan fingerprint density at radius 2 is 1.06 bits per heavy atom. The highest BCUT2D eigenvalue weighted by Gasteiger charge is 2.02. The van der Waals surface area contributed by atoms with E-state index < -0.39 is 11.9 Å². The fraction of sp³-hybridized carbons (Fsp3) is 0.143. The van der Waals surface area contributed by atoms with Crippen molar-refractivity contribution in [3.05, 3.63) is 107 Å². The highest BCUT2D eigenvalue weighted by atomic mass is 16.5. The van der Waals surface area contributed by atoms with Crippen LogP contribution in [0.4, 0.5) is 0 Å². The fourth-order valence-corrected chi connectivity index (χ4v) is 3.22. The first-order chi connectivity index (χ1) is 16.5. The van der Waals surface area contributed by atoms with Gasteiger partial charge in [0.05, 0.1) is 12.8 Å². The van der Waals surface area contributed by atoms with Gasteiger partial charge in [-0.1, -0.05) is 60.7 Å².